The Labute approximate surface area is 98.0 Å². The number of hydrogen-bond donors (Lipinski definition) is 1. The van der Waals surface area contributed by atoms with Crippen molar-refractivity contribution in [2.75, 3.05) is 13.2 Å². The van der Waals surface area contributed by atoms with E-state index in [0.717, 1.165) is 25.3 Å². The molecular formula is C14H21NO. The molecule has 0 bridgehead atoms. The summed E-state index contributed by atoms with van der Waals surface area (Å²) in [6.07, 6.45) is 1.06. The monoisotopic (exact) mass is 219 g/mol. The van der Waals surface area contributed by atoms with Gasteiger partial charge in [0.1, 0.15) is 5.75 Å². The molecule has 0 radical (unpaired) electrons. The lowest BCUT2D eigenvalue weighted by atomic mass is 9.94. The van der Waals surface area contributed by atoms with Gasteiger partial charge < -0.3 is 10.1 Å². The first-order valence-electron chi connectivity index (χ1n) is 6.21. The Bertz CT molecular complexity index is 360. The van der Waals surface area contributed by atoms with Gasteiger partial charge in [-0.1, -0.05) is 32.9 Å². The maximum atomic E-state index is 5.53. The van der Waals surface area contributed by atoms with Crippen molar-refractivity contribution in [1.82, 2.24) is 5.32 Å². The van der Waals surface area contributed by atoms with E-state index in [0.29, 0.717) is 12.0 Å². The summed E-state index contributed by atoms with van der Waals surface area (Å²) in [5, 5.41) is 3.55. The minimum absolute atomic E-state index is 0.455. The van der Waals surface area contributed by atoms with E-state index in [1.165, 1.54) is 11.1 Å². The second kappa shape index (κ2) is 4.88. The number of hydrogen-bond acceptors (Lipinski definition) is 2. The van der Waals surface area contributed by atoms with Crippen LogP contribution >= 0.6 is 0 Å². The van der Waals surface area contributed by atoms with Crippen molar-refractivity contribution in [2.45, 2.75) is 33.2 Å². The fourth-order valence-electron chi connectivity index (χ4n) is 2.36. The zero-order valence-corrected chi connectivity index (χ0v) is 10.4. The molecule has 1 aliphatic rings. The van der Waals surface area contributed by atoms with Crippen LogP contribution in [0.2, 0.25) is 0 Å². The minimum atomic E-state index is 0.455. The van der Waals surface area contributed by atoms with Gasteiger partial charge in [-0.2, -0.15) is 0 Å². The lowest BCUT2D eigenvalue weighted by molar-refractivity contribution is 0.356. The predicted octanol–water partition coefficient (Wildman–Crippen LogP) is 2.93. The van der Waals surface area contributed by atoms with Gasteiger partial charge in [-0.25, -0.2) is 0 Å². The highest BCUT2D eigenvalue weighted by Gasteiger charge is 2.18. The summed E-state index contributed by atoms with van der Waals surface area (Å²) in [4.78, 5) is 0. The van der Waals surface area contributed by atoms with E-state index in [2.05, 4.69) is 44.3 Å². The number of fused-ring (bicyclic) bond motifs is 1. The number of rotatable bonds is 4. The van der Waals surface area contributed by atoms with Gasteiger partial charge in [0.15, 0.2) is 0 Å². The molecule has 2 heteroatoms. The lowest BCUT2D eigenvalue weighted by Gasteiger charge is -2.22. The highest BCUT2D eigenvalue weighted by Crippen LogP contribution is 2.30. The van der Waals surface area contributed by atoms with Gasteiger partial charge in [0, 0.05) is 12.5 Å². The molecule has 0 aliphatic carbocycles. The van der Waals surface area contributed by atoms with Crippen LogP contribution in [0.3, 0.4) is 0 Å². The Kier molecular flexibility index (Phi) is 3.49. The van der Waals surface area contributed by atoms with Crippen molar-refractivity contribution in [3.63, 3.8) is 0 Å². The largest absolute Gasteiger partial charge is 0.493 e. The van der Waals surface area contributed by atoms with E-state index in [-0.39, 0.29) is 0 Å². The van der Waals surface area contributed by atoms with Crippen molar-refractivity contribution < 1.29 is 4.74 Å². The number of benzene rings is 1. The Morgan fingerprint density at radius 1 is 1.38 bits per heavy atom. The molecule has 0 spiro atoms. The molecule has 2 nitrogen and oxygen atoms in total. The maximum Gasteiger partial charge on any atom is 0.122 e. The zero-order valence-electron chi connectivity index (χ0n) is 10.4. The van der Waals surface area contributed by atoms with Gasteiger partial charge in [-0.05, 0) is 29.7 Å². The fraction of sp³-hybridized carbons (Fsp3) is 0.571. The van der Waals surface area contributed by atoms with Crippen molar-refractivity contribution in [2.24, 2.45) is 5.92 Å². The summed E-state index contributed by atoms with van der Waals surface area (Å²) >= 11 is 0. The van der Waals surface area contributed by atoms with Crippen LogP contribution in [0.15, 0.2) is 18.2 Å². The van der Waals surface area contributed by atoms with Crippen molar-refractivity contribution >= 4 is 0 Å². The van der Waals surface area contributed by atoms with Crippen molar-refractivity contribution in [3.05, 3.63) is 29.3 Å². The molecule has 0 saturated carbocycles. The first-order valence-corrected chi connectivity index (χ1v) is 6.21. The van der Waals surface area contributed by atoms with Crippen LogP contribution in [0.5, 0.6) is 5.75 Å². The zero-order chi connectivity index (χ0) is 11.5. The van der Waals surface area contributed by atoms with Gasteiger partial charge in [0.25, 0.3) is 0 Å². The molecule has 1 atom stereocenters. The molecule has 2 rings (SSSR count). The number of nitrogens with one attached hydrogen (secondary N) is 1. The molecule has 1 N–H and O–H groups in total. The van der Waals surface area contributed by atoms with Crippen LogP contribution in [-0.2, 0) is 6.42 Å². The van der Waals surface area contributed by atoms with Crippen LogP contribution in [0, 0.1) is 5.92 Å². The van der Waals surface area contributed by atoms with Crippen LogP contribution in [0.4, 0.5) is 0 Å². The lowest BCUT2D eigenvalue weighted by Crippen LogP contribution is -2.25. The van der Waals surface area contributed by atoms with Crippen LogP contribution in [0.1, 0.15) is 37.9 Å². The van der Waals surface area contributed by atoms with Crippen LogP contribution in [0.25, 0.3) is 0 Å². The Hall–Kier alpha value is -1.02. The van der Waals surface area contributed by atoms with E-state index in [4.69, 9.17) is 4.74 Å². The summed E-state index contributed by atoms with van der Waals surface area (Å²) in [6, 6.07) is 7.06. The summed E-state index contributed by atoms with van der Waals surface area (Å²) in [7, 11) is 0. The van der Waals surface area contributed by atoms with E-state index in [9.17, 15) is 0 Å². The second-order valence-corrected chi connectivity index (χ2v) is 4.74. The number of ether oxygens (including phenoxy) is 1. The molecule has 1 aliphatic heterocycles. The maximum absolute atomic E-state index is 5.53. The van der Waals surface area contributed by atoms with Gasteiger partial charge >= 0.3 is 0 Å². The third-order valence-corrected chi connectivity index (χ3v) is 3.16. The van der Waals surface area contributed by atoms with Crippen LogP contribution < -0.4 is 10.1 Å². The standard InChI is InChI=1S/C14H21NO/c1-4-15-14(10(2)3)12-5-6-13-11(9-12)7-8-16-13/h5-6,9-10,14-15H,4,7-8H2,1-3H3. The SMILES string of the molecule is CCNC(c1ccc2c(c1)CCO2)C(C)C. The van der Waals surface area contributed by atoms with Crippen molar-refractivity contribution in [3.8, 4) is 5.75 Å². The molecule has 16 heavy (non-hydrogen) atoms. The van der Waals surface area contributed by atoms with Crippen molar-refractivity contribution in [1.29, 1.82) is 0 Å². The molecular weight excluding hydrogens is 198 g/mol. The topological polar surface area (TPSA) is 21.3 Å². The van der Waals surface area contributed by atoms with Gasteiger partial charge in [0.2, 0.25) is 0 Å². The van der Waals surface area contributed by atoms with Crippen LogP contribution in [-0.4, -0.2) is 13.2 Å². The Morgan fingerprint density at radius 3 is 2.88 bits per heavy atom. The van der Waals surface area contributed by atoms with E-state index < -0.39 is 0 Å². The molecule has 0 saturated heterocycles. The predicted molar refractivity (Wildman–Crippen MR) is 66.9 cm³/mol. The molecule has 1 aromatic carbocycles. The third-order valence-electron chi connectivity index (χ3n) is 3.16. The summed E-state index contributed by atoms with van der Waals surface area (Å²) < 4.78 is 5.53. The summed E-state index contributed by atoms with van der Waals surface area (Å²) in [6.45, 7) is 8.53. The normalized spacial score (nSPS) is 16.0. The van der Waals surface area contributed by atoms with Gasteiger partial charge in [-0.15, -0.1) is 0 Å². The Morgan fingerprint density at radius 2 is 2.19 bits per heavy atom. The highest BCUT2D eigenvalue weighted by atomic mass is 16.5. The first kappa shape index (κ1) is 11.5. The van der Waals surface area contributed by atoms with Gasteiger partial charge in [0.05, 0.1) is 6.61 Å². The fourth-order valence-corrected chi connectivity index (χ4v) is 2.36. The average molecular weight is 219 g/mol. The molecule has 0 fully saturated rings. The molecule has 0 aromatic heterocycles. The van der Waals surface area contributed by atoms with E-state index in [1.807, 2.05) is 0 Å². The molecule has 0 amide bonds. The second-order valence-electron chi connectivity index (χ2n) is 4.74. The van der Waals surface area contributed by atoms with Gasteiger partial charge in [-0.3, -0.25) is 0 Å². The quantitative estimate of drug-likeness (QED) is 0.840. The molecule has 1 aromatic rings. The smallest absolute Gasteiger partial charge is 0.122 e. The minimum Gasteiger partial charge on any atom is -0.493 e. The highest BCUT2D eigenvalue weighted by molar-refractivity contribution is 5.40. The third kappa shape index (κ3) is 2.22. The Balaban J connectivity index is 2.24. The van der Waals surface area contributed by atoms with E-state index in [1.54, 1.807) is 0 Å². The van der Waals surface area contributed by atoms with E-state index >= 15 is 0 Å². The summed E-state index contributed by atoms with van der Waals surface area (Å²) in [5.74, 6) is 1.68. The molecule has 1 unspecified atom stereocenters. The first-order chi connectivity index (χ1) is 7.72. The average Bonchev–Trinajstić information content (AvgIpc) is 2.72. The molecule has 88 valence electrons. The molecule has 1 heterocycles. The summed E-state index contributed by atoms with van der Waals surface area (Å²) in [5.41, 5.74) is 2.75.